The Morgan fingerprint density at radius 3 is 2.54 bits per heavy atom. The van der Waals surface area contributed by atoms with Gasteiger partial charge in [-0.25, -0.2) is 13.8 Å². The summed E-state index contributed by atoms with van der Waals surface area (Å²) in [5.74, 6) is 0.572. The van der Waals surface area contributed by atoms with Crippen LogP contribution in [0.4, 0.5) is 0 Å². The summed E-state index contributed by atoms with van der Waals surface area (Å²) in [4.78, 5) is 13.0. The van der Waals surface area contributed by atoms with E-state index in [-0.39, 0.29) is 11.4 Å². The Labute approximate surface area is 249 Å². The maximum absolute atomic E-state index is 13.1. The number of carbonyl (C=O) groups excluding carboxylic acids is 1. The van der Waals surface area contributed by atoms with Gasteiger partial charge >= 0.3 is 0 Å². The van der Waals surface area contributed by atoms with E-state index in [1.54, 1.807) is 12.1 Å². The molecule has 0 saturated carbocycles. The van der Waals surface area contributed by atoms with Crippen molar-refractivity contribution in [3.05, 3.63) is 85.8 Å². The number of hydrogen-bond donors (Lipinski definition) is 1. The van der Waals surface area contributed by atoms with Crippen molar-refractivity contribution in [2.45, 2.75) is 37.3 Å². The number of nitrogens with one attached hydrogen (secondary N) is 1. The Kier molecular flexibility index (Phi) is 10.1. The van der Waals surface area contributed by atoms with Crippen molar-refractivity contribution in [1.29, 1.82) is 0 Å². The Hall–Kier alpha value is -2.44. The molecule has 3 aromatic carbocycles. The summed E-state index contributed by atoms with van der Waals surface area (Å²) < 4.78 is 40.9. The van der Waals surface area contributed by atoms with Gasteiger partial charge in [0, 0.05) is 16.0 Å². The van der Waals surface area contributed by atoms with Gasteiger partial charge in [-0.2, -0.15) is 9.41 Å². The summed E-state index contributed by atoms with van der Waals surface area (Å²) in [6, 6.07) is 16.4. The van der Waals surface area contributed by atoms with Crippen molar-refractivity contribution in [3.63, 3.8) is 0 Å². The first-order chi connectivity index (χ1) is 18.7. The fourth-order valence-corrected chi connectivity index (χ4v) is 6.70. The molecule has 1 N–H and O–H groups in total. The molecule has 1 heterocycles. The summed E-state index contributed by atoms with van der Waals surface area (Å²) in [6.45, 7) is 2.91. The molecule has 0 aromatic heterocycles. The van der Waals surface area contributed by atoms with Crippen LogP contribution in [0.25, 0.3) is 0 Å². The molecular weight excluding hydrogens is 674 g/mol. The summed E-state index contributed by atoms with van der Waals surface area (Å²) in [5.41, 5.74) is 4.14. The van der Waals surface area contributed by atoms with E-state index < -0.39 is 22.0 Å². The highest BCUT2D eigenvalue weighted by Crippen LogP contribution is 2.37. The molecule has 4 rings (SSSR count). The molecule has 0 spiro atoms. The van der Waals surface area contributed by atoms with E-state index in [1.165, 1.54) is 34.8 Å². The summed E-state index contributed by atoms with van der Waals surface area (Å²) in [5, 5.41) is 4.51. The van der Waals surface area contributed by atoms with E-state index >= 15 is 0 Å². The maximum Gasteiger partial charge on any atom is 0.258 e. The van der Waals surface area contributed by atoms with Crippen LogP contribution in [0.15, 0.2) is 79.6 Å². The van der Waals surface area contributed by atoms with Crippen LogP contribution in [0.3, 0.4) is 0 Å². The summed E-state index contributed by atoms with van der Waals surface area (Å²) >= 11 is 12.9. The smallest absolute Gasteiger partial charge is 0.258 e. The third-order valence-electron chi connectivity index (χ3n) is 5.94. The topological polar surface area (TPSA) is 97.3 Å². The monoisotopic (exact) mass is 697 g/mol. The molecular formula is C27H26Br2ClN3O5S. The zero-order valence-corrected chi connectivity index (χ0v) is 25.7. The summed E-state index contributed by atoms with van der Waals surface area (Å²) in [7, 11) is -3.85. The van der Waals surface area contributed by atoms with Gasteiger partial charge in [-0.1, -0.05) is 39.7 Å². The largest absolute Gasteiger partial charge is 0.490 e. The zero-order valence-electron chi connectivity index (χ0n) is 20.9. The van der Waals surface area contributed by atoms with E-state index in [0.29, 0.717) is 52.6 Å². The number of hydrogen-bond acceptors (Lipinski definition) is 6. The molecule has 1 aliphatic rings. The van der Waals surface area contributed by atoms with Crippen molar-refractivity contribution in [2.75, 3.05) is 13.2 Å². The highest BCUT2D eigenvalue weighted by molar-refractivity contribution is 9.10. The summed E-state index contributed by atoms with van der Waals surface area (Å²) in [6.07, 6.45) is 2.44. The number of halogens is 3. The average molecular weight is 700 g/mol. The van der Waals surface area contributed by atoms with Crippen LogP contribution in [-0.2, 0) is 21.4 Å². The van der Waals surface area contributed by atoms with Gasteiger partial charge < -0.3 is 9.47 Å². The van der Waals surface area contributed by atoms with Crippen LogP contribution in [-0.4, -0.2) is 44.0 Å². The maximum atomic E-state index is 13.1. The molecule has 1 atom stereocenters. The molecule has 0 unspecified atom stereocenters. The van der Waals surface area contributed by atoms with Gasteiger partial charge in [0.2, 0.25) is 10.0 Å². The van der Waals surface area contributed by atoms with Gasteiger partial charge in [0.05, 0.1) is 22.2 Å². The van der Waals surface area contributed by atoms with Gasteiger partial charge in [-0.05, 0) is 95.4 Å². The predicted octanol–water partition coefficient (Wildman–Crippen LogP) is 6.15. The Morgan fingerprint density at radius 2 is 1.85 bits per heavy atom. The Balaban J connectivity index is 1.44. The lowest BCUT2D eigenvalue weighted by molar-refractivity contribution is -0.124. The first kappa shape index (κ1) is 29.5. The molecule has 1 aliphatic heterocycles. The van der Waals surface area contributed by atoms with E-state index in [9.17, 15) is 13.2 Å². The van der Waals surface area contributed by atoms with Gasteiger partial charge in [0.1, 0.15) is 12.6 Å². The second-order valence-electron chi connectivity index (χ2n) is 8.64. The fraction of sp³-hybridized carbons (Fsp3) is 0.259. The Morgan fingerprint density at radius 1 is 1.13 bits per heavy atom. The van der Waals surface area contributed by atoms with Crippen LogP contribution in [0, 0.1) is 0 Å². The lowest BCUT2D eigenvalue weighted by Crippen LogP contribution is -2.44. The normalized spacial score (nSPS) is 15.9. The molecule has 1 saturated heterocycles. The van der Waals surface area contributed by atoms with Crippen molar-refractivity contribution >= 4 is 65.6 Å². The minimum atomic E-state index is -3.85. The minimum Gasteiger partial charge on any atom is -0.490 e. The first-order valence-electron chi connectivity index (χ1n) is 12.1. The van der Waals surface area contributed by atoms with Crippen LogP contribution < -0.4 is 14.9 Å². The highest BCUT2D eigenvalue weighted by Gasteiger charge is 2.39. The predicted molar refractivity (Wildman–Crippen MR) is 158 cm³/mol. The lowest BCUT2D eigenvalue weighted by atomic mass is 10.2. The number of hydrazone groups is 1. The third kappa shape index (κ3) is 7.40. The molecule has 12 heteroatoms. The molecule has 1 fully saturated rings. The van der Waals surface area contributed by atoms with E-state index in [1.807, 2.05) is 31.2 Å². The van der Waals surface area contributed by atoms with Gasteiger partial charge in [-0.15, -0.1) is 0 Å². The van der Waals surface area contributed by atoms with Crippen molar-refractivity contribution in [2.24, 2.45) is 5.10 Å². The molecule has 206 valence electrons. The number of nitrogens with zero attached hydrogens (tertiary/aromatic N) is 2. The third-order valence-corrected chi connectivity index (χ3v) is 9.24. The molecule has 3 aromatic rings. The van der Waals surface area contributed by atoms with Crippen LogP contribution in [0.2, 0.25) is 5.02 Å². The minimum absolute atomic E-state index is 0.0887. The highest BCUT2D eigenvalue weighted by atomic mass is 79.9. The molecule has 8 nitrogen and oxygen atoms in total. The number of amides is 1. The Bertz CT molecular complexity index is 1450. The fourth-order valence-electron chi connectivity index (χ4n) is 4.08. The van der Waals surface area contributed by atoms with Gasteiger partial charge in [0.25, 0.3) is 5.91 Å². The molecule has 0 bridgehead atoms. The SMILES string of the molecule is CCOc1cc(/C=N\NC(=O)[C@H]2CCCN2S(=O)(=O)c2ccc(Cl)cc2)cc(Br)c1OCc1ccc(Br)cc1. The van der Waals surface area contributed by atoms with Gasteiger partial charge in [0.15, 0.2) is 11.5 Å². The van der Waals surface area contributed by atoms with Crippen LogP contribution in [0.1, 0.15) is 30.9 Å². The zero-order chi connectivity index (χ0) is 28.0. The quantitative estimate of drug-likeness (QED) is 0.203. The van der Waals surface area contributed by atoms with Crippen molar-refractivity contribution in [3.8, 4) is 11.5 Å². The molecule has 1 amide bonds. The molecule has 0 aliphatic carbocycles. The standard InChI is InChI=1S/C27H26Br2ClN3O5S/c1-2-37-25-15-19(14-23(29)26(25)38-17-18-5-7-20(28)8-6-18)16-31-32-27(34)24-4-3-13-33(24)39(35,36)22-11-9-21(30)10-12-22/h5-12,14-16,24H,2-4,13,17H2,1H3,(H,32,34)/b31-16-/t24-/m1/s1. The number of ether oxygens (including phenoxy) is 2. The second-order valence-corrected chi connectivity index (χ2v) is 12.7. The van der Waals surface area contributed by atoms with Gasteiger partial charge in [-0.3, -0.25) is 4.79 Å². The number of carbonyl (C=O) groups is 1. The van der Waals surface area contributed by atoms with Crippen LogP contribution >= 0.6 is 43.5 Å². The number of sulfonamides is 1. The van der Waals surface area contributed by atoms with Crippen molar-refractivity contribution in [1.82, 2.24) is 9.73 Å². The second kappa shape index (κ2) is 13.3. The van der Waals surface area contributed by atoms with Crippen molar-refractivity contribution < 1.29 is 22.7 Å². The lowest BCUT2D eigenvalue weighted by Gasteiger charge is -2.22. The number of benzene rings is 3. The van der Waals surface area contributed by atoms with E-state index in [2.05, 4.69) is 42.4 Å². The molecule has 39 heavy (non-hydrogen) atoms. The first-order valence-corrected chi connectivity index (χ1v) is 15.5. The van der Waals surface area contributed by atoms with E-state index in [0.717, 1.165) is 10.0 Å². The number of rotatable bonds is 10. The van der Waals surface area contributed by atoms with Crippen LogP contribution in [0.5, 0.6) is 11.5 Å². The average Bonchev–Trinajstić information content (AvgIpc) is 3.41. The van der Waals surface area contributed by atoms with E-state index in [4.69, 9.17) is 21.1 Å². The molecule has 0 radical (unpaired) electrons.